The van der Waals surface area contributed by atoms with E-state index in [1.54, 1.807) is 25.1 Å². The lowest BCUT2D eigenvalue weighted by atomic mass is 10.1. The summed E-state index contributed by atoms with van der Waals surface area (Å²) in [5.74, 6) is -0.764. The maximum Gasteiger partial charge on any atom is 0.345 e. The molecule has 3 N–H and O–H groups in total. The first-order chi connectivity index (χ1) is 8.97. The highest BCUT2D eigenvalue weighted by atomic mass is 16.5. The van der Waals surface area contributed by atoms with Gasteiger partial charge in [0, 0.05) is 12.5 Å². The number of benzene rings is 1. The van der Waals surface area contributed by atoms with Gasteiger partial charge in [0.25, 0.3) is 0 Å². The molecule has 1 aliphatic rings. The number of hydrogen-bond donors (Lipinski definition) is 2. The summed E-state index contributed by atoms with van der Waals surface area (Å²) in [6, 6.07) is 5.12. The number of nitrogens with two attached hydrogens (primary N) is 1. The molecule has 2 atom stereocenters. The normalized spacial score (nSPS) is 18.3. The van der Waals surface area contributed by atoms with Gasteiger partial charge in [-0.2, -0.15) is 0 Å². The second-order valence-electron chi connectivity index (χ2n) is 4.53. The van der Waals surface area contributed by atoms with Crippen molar-refractivity contribution in [1.82, 2.24) is 0 Å². The molecule has 0 aliphatic carbocycles. The summed E-state index contributed by atoms with van der Waals surface area (Å²) >= 11 is 0. The van der Waals surface area contributed by atoms with E-state index in [0.29, 0.717) is 17.9 Å². The predicted molar refractivity (Wildman–Crippen MR) is 66.1 cm³/mol. The zero-order valence-corrected chi connectivity index (χ0v) is 10.5. The van der Waals surface area contributed by atoms with Crippen LogP contribution in [0.5, 0.6) is 11.5 Å². The first-order valence-corrected chi connectivity index (χ1v) is 5.92. The highest BCUT2D eigenvalue weighted by Crippen LogP contribution is 2.32. The Morgan fingerprint density at radius 3 is 2.95 bits per heavy atom. The van der Waals surface area contributed by atoms with Crippen LogP contribution in [0.3, 0.4) is 0 Å². The molecular formula is C13H15NO5. The van der Waals surface area contributed by atoms with Crippen LogP contribution in [0.4, 0.5) is 0 Å². The Morgan fingerprint density at radius 1 is 1.58 bits per heavy atom. The van der Waals surface area contributed by atoms with Crippen molar-refractivity contribution in [3.8, 4) is 11.5 Å². The van der Waals surface area contributed by atoms with Crippen LogP contribution in [-0.4, -0.2) is 29.7 Å². The summed E-state index contributed by atoms with van der Waals surface area (Å²) < 4.78 is 10.7. The fraction of sp³-hybridized carbons (Fsp3) is 0.385. The van der Waals surface area contributed by atoms with E-state index in [1.165, 1.54) is 0 Å². The minimum atomic E-state index is -0.985. The average Bonchev–Trinajstić information content (AvgIpc) is 2.78. The third-order valence-electron chi connectivity index (χ3n) is 2.97. The molecule has 1 amide bonds. The number of ether oxygens (including phenoxy) is 2. The van der Waals surface area contributed by atoms with Crippen LogP contribution >= 0.6 is 0 Å². The van der Waals surface area contributed by atoms with E-state index in [1.807, 2.05) is 0 Å². The molecule has 0 saturated heterocycles. The van der Waals surface area contributed by atoms with Crippen molar-refractivity contribution >= 4 is 11.9 Å². The van der Waals surface area contributed by atoms with E-state index in [2.05, 4.69) is 0 Å². The molecule has 0 radical (unpaired) electrons. The molecular weight excluding hydrogens is 250 g/mol. The number of fused-ring (bicyclic) bond motifs is 1. The molecule has 0 aromatic heterocycles. The van der Waals surface area contributed by atoms with E-state index >= 15 is 0 Å². The number of carboxylic acid groups (broad SMARTS) is 1. The number of carboxylic acids is 1. The van der Waals surface area contributed by atoms with Crippen molar-refractivity contribution in [3.05, 3.63) is 23.8 Å². The summed E-state index contributed by atoms with van der Waals surface area (Å²) in [7, 11) is 0. The Bertz CT molecular complexity index is 514. The lowest BCUT2D eigenvalue weighted by molar-refractivity contribution is -0.144. The Hall–Kier alpha value is -2.24. The van der Waals surface area contributed by atoms with Crippen molar-refractivity contribution in [2.75, 3.05) is 6.61 Å². The van der Waals surface area contributed by atoms with Gasteiger partial charge in [0.1, 0.15) is 11.5 Å². The van der Waals surface area contributed by atoms with Crippen LogP contribution in [-0.2, 0) is 16.0 Å². The zero-order chi connectivity index (χ0) is 14.0. The highest BCUT2D eigenvalue weighted by molar-refractivity contribution is 5.76. The van der Waals surface area contributed by atoms with Crippen molar-refractivity contribution in [1.29, 1.82) is 0 Å². The topological polar surface area (TPSA) is 98.8 Å². The minimum Gasteiger partial charge on any atom is -0.493 e. The predicted octanol–water partition coefficient (Wildman–Crippen LogP) is 0.575. The van der Waals surface area contributed by atoms with Crippen molar-refractivity contribution in [2.24, 2.45) is 11.7 Å². The largest absolute Gasteiger partial charge is 0.493 e. The number of rotatable bonds is 5. The Kier molecular flexibility index (Phi) is 3.59. The molecule has 2 unspecified atom stereocenters. The van der Waals surface area contributed by atoms with Crippen LogP contribution in [0.15, 0.2) is 18.2 Å². The van der Waals surface area contributed by atoms with Gasteiger partial charge in [-0.15, -0.1) is 0 Å². The molecule has 6 heteroatoms. The number of hydrogen-bond acceptors (Lipinski definition) is 4. The molecule has 1 aliphatic heterocycles. The van der Waals surface area contributed by atoms with E-state index in [-0.39, 0.29) is 12.5 Å². The SMILES string of the molecule is CC(COc1ccc2c(c1)OC(C(=O)O)C2)C(N)=O. The first kappa shape index (κ1) is 13.2. The zero-order valence-electron chi connectivity index (χ0n) is 10.5. The quantitative estimate of drug-likeness (QED) is 0.811. The fourth-order valence-electron chi connectivity index (χ4n) is 1.74. The van der Waals surface area contributed by atoms with Gasteiger partial charge < -0.3 is 20.3 Å². The number of aliphatic carboxylic acids is 1. The van der Waals surface area contributed by atoms with Crippen molar-refractivity contribution in [3.63, 3.8) is 0 Å². The van der Waals surface area contributed by atoms with E-state index in [0.717, 1.165) is 5.56 Å². The van der Waals surface area contributed by atoms with E-state index in [9.17, 15) is 9.59 Å². The van der Waals surface area contributed by atoms with Gasteiger partial charge in [0.15, 0.2) is 6.10 Å². The van der Waals surface area contributed by atoms with Crippen LogP contribution in [0, 0.1) is 5.92 Å². The first-order valence-electron chi connectivity index (χ1n) is 5.92. The Morgan fingerprint density at radius 2 is 2.32 bits per heavy atom. The van der Waals surface area contributed by atoms with Gasteiger partial charge in [0.05, 0.1) is 12.5 Å². The molecule has 102 valence electrons. The fourth-order valence-corrected chi connectivity index (χ4v) is 1.74. The number of carbonyl (C=O) groups excluding carboxylic acids is 1. The monoisotopic (exact) mass is 265 g/mol. The second kappa shape index (κ2) is 5.17. The Balaban J connectivity index is 2.01. The van der Waals surface area contributed by atoms with Gasteiger partial charge in [-0.05, 0) is 11.6 Å². The summed E-state index contributed by atoms with van der Waals surface area (Å²) in [5, 5.41) is 8.88. The summed E-state index contributed by atoms with van der Waals surface area (Å²) in [6.07, 6.45) is -0.488. The number of primary amides is 1. The van der Waals surface area contributed by atoms with Gasteiger partial charge >= 0.3 is 5.97 Å². The van der Waals surface area contributed by atoms with Crippen LogP contribution in [0.25, 0.3) is 0 Å². The standard InChI is InChI=1S/C13H15NO5/c1-7(12(14)15)6-18-9-3-2-8-4-11(13(16)17)19-10(8)5-9/h2-3,5,7,11H,4,6H2,1H3,(H2,14,15)(H,16,17). The number of carbonyl (C=O) groups is 2. The third-order valence-corrected chi connectivity index (χ3v) is 2.97. The van der Waals surface area contributed by atoms with Crippen LogP contribution in [0.1, 0.15) is 12.5 Å². The number of amides is 1. The maximum atomic E-state index is 10.9. The van der Waals surface area contributed by atoms with Gasteiger partial charge in [-0.1, -0.05) is 13.0 Å². The van der Waals surface area contributed by atoms with E-state index in [4.69, 9.17) is 20.3 Å². The maximum absolute atomic E-state index is 10.9. The molecule has 1 heterocycles. The highest BCUT2D eigenvalue weighted by Gasteiger charge is 2.29. The van der Waals surface area contributed by atoms with Gasteiger partial charge in [-0.3, -0.25) is 4.79 Å². The van der Waals surface area contributed by atoms with Crippen LogP contribution in [0.2, 0.25) is 0 Å². The molecule has 0 saturated carbocycles. The molecule has 1 aromatic carbocycles. The van der Waals surface area contributed by atoms with Gasteiger partial charge in [0.2, 0.25) is 5.91 Å². The molecule has 0 spiro atoms. The van der Waals surface area contributed by atoms with Crippen molar-refractivity contribution in [2.45, 2.75) is 19.4 Å². The smallest absolute Gasteiger partial charge is 0.345 e. The van der Waals surface area contributed by atoms with Gasteiger partial charge in [-0.25, -0.2) is 4.79 Å². The molecule has 0 bridgehead atoms. The summed E-state index contributed by atoms with van der Waals surface area (Å²) in [5.41, 5.74) is 5.97. The average molecular weight is 265 g/mol. The Labute approximate surface area is 110 Å². The summed E-state index contributed by atoms with van der Waals surface area (Å²) in [6.45, 7) is 1.85. The van der Waals surface area contributed by atoms with E-state index < -0.39 is 18.0 Å². The molecule has 19 heavy (non-hydrogen) atoms. The minimum absolute atomic E-state index is 0.177. The molecule has 2 rings (SSSR count). The second-order valence-corrected chi connectivity index (χ2v) is 4.53. The van der Waals surface area contributed by atoms with Crippen molar-refractivity contribution < 1.29 is 24.2 Å². The lowest BCUT2D eigenvalue weighted by Gasteiger charge is -2.11. The lowest BCUT2D eigenvalue weighted by Crippen LogP contribution is -2.25. The third kappa shape index (κ3) is 2.96. The molecule has 6 nitrogen and oxygen atoms in total. The molecule has 1 aromatic rings. The molecule has 0 fully saturated rings. The van der Waals surface area contributed by atoms with Crippen LogP contribution < -0.4 is 15.2 Å². The summed E-state index contributed by atoms with van der Waals surface area (Å²) in [4.78, 5) is 21.7.